The van der Waals surface area contributed by atoms with Gasteiger partial charge in [-0.25, -0.2) is 0 Å². The highest BCUT2D eigenvalue weighted by molar-refractivity contribution is 6.30. The Labute approximate surface area is 168 Å². The van der Waals surface area contributed by atoms with Crippen LogP contribution in [0.25, 0.3) is 11.4 Å². The molecule has 0 unspecified atom stereocenters. The van der Waals surface area contributed by atoms with Gasteiger partial charge in [-0.1, -0.05) is 30.6 Å². The van der Waals surface area contributed by atoms with E-state index in [0.717, 1.165) is 22.4 Å². The quantitative estimate of drug-likeness (QED) is 0.646. The molecule has 28 heavy (non-hydrogen) atoms. The molecule has 0 saturated carbocycles. The van der Waals surface area contributed by atoms with Gasteiger partial charge in [0.2, 0.25) is 11.7 Å². The normalized spacial score (nSPS) is 10.9. The molecule has 0 fully saturated rings. The van der Waals surface area contributed by atoms with Crippen LogP contribution in [-0.2, 0) is 6.54 Å². The van der Waals surface area contributed by atoms with Gasteiger partial charge in [-0.2, -0.15) is 4.98 Å². The minimum atomic E-state index is -0.201. The van der Waals surface area contributed by atoms with E-state index in [1.807, 2.05) is 31.2 Å². The van der Waals surface area contributed by atoms with Gasteiger partial charge >= 0.3 is 0 Å². The van der Waals surface area contributed by atoms with Crippen molar-refractivity contribution in [2.75, 3.05) is 7.11 Å². The number of hydrogen-bond donors (Lipinski definition) is 1. The van der Waals surface area contributed by atoms with Crippen molar-refractivity contribution < 1.29 is 14.1 Å². The molecule has 0 bridgehead atoms. The molecule has 0 spiro atoms. The summed E-state index contributed by atoms with van der Waals surface area (Å²) >= 11 is 5.89. The van der Waals surface area contributed by atoms with E-state index < -0.39 is 0 Å². The lowest BCUT2D eigenvalue weighted by molar-refractivity contribution is 0.0945. The Morgan fingerprint density at radius 2 is 1.96 bits per heavy atom. The smallest absolute Gasteiger partial charge is 0.251 e. The summed E-state index contributed by atoms with van der Waals surface area (Å²) in [5.41, 5.74) is 3.22. The van der Waals surface area contributed by atoms with Crippen LogP contribution in [0.2, 0.25) is 5.02 Å². The molecule has 7 heteroatoms. The average molecular weight is 400 g/mol. The van der Waals surface area contributed by atoms with E-state index in [4.69, 9.17) is 20.9 Å². The summed E-state index contributed by atoms with van der Waals surface area (Å²) in [6.45, 7) is 6.14. The maximum atomic E-state index is 12.7. The predicted octanol–water partition coefficient (Wildman–Crippen LogP) is 4.76. The van der Waals surface area contributed by atoms with Gasteiger partial charge in [0.25, 0.3) is 5.91 Å². The molecule has 6 nitrogen and oxygen atoms in total. The fourth-order valence-electron chi connectivity index (χ4n) is 2.86. The summed E-state index contributed by atoms with van der Waals surface area (Å²) in [7, 11) is 1.63. The number of benzene rings is 2. The van der Waals surface area contributed by atoms with Crippen LogP contribution < -0.4 is 10.1 Å². The number of hydrogen-bond acceptors (Lipinski definition) is 5. The van der Waals surface area contributed by atoms with E-state index in [-0.39, 0.29) is 18.4 Å². The molecule has 1 aromatic heterocycles. The first-order chi connectivity index (χ1) is 13.4. The number of ether oxygens (including phenoxy) is 1. The number of aromatic nitrogens is 2. The van der Waals surface area contributed by atoms with Crippen LogP contribution in [0.5, 0.6) is 5.75 Å². The number of nitrogens with one attached hydrogen (secondary N) is 1. The zero-order valence-corrected chi connectivity index (χ0v) is 17.0. The SMILES string of the molecule is COc1cc(C)c(C(=O)NCc2nc(-c3ccc(Cl)cc3)no2)cc1C(C)C. The minimum Gasteiger partial charge on any atom is -0.496 e. The monoisotopic (exact) mass is 399 g/mol. The fraction of sp³-hybridized carbons (Fsp3) is 0.286. The summed E-state index contributed by atoms with van der Waals surface area (Å²) in [6.07, 6.45) is 0. The Bertz CT molecular complexity index is 981. The van der Waals surface area contributed by atoms with Crippen LogP contribution in [0.4, 0.5) is 0 Å². The lowest BCUT2D eigenvalue weighted by atomic mass is 9.96. The summed E-state index contributed by atoms with van der Waals surface area (Å²) in [4.78, 5) is 17.0. The summed E-state index contributed by atoms with van der Waals surface area (Å²) < 4.78 is 10.7. The second kappa shape index (κ2) is 8.44. The Kier molecular flexibility index (Phi) is 5.99. The van der Waals surface area contributed by atoms with Crippen LogP contribution in [0, 0.1) is 6.92 Å². The molecule has 146 valence electrons. The zero-order valence-electron chi connectivity index (χ0n) is 16.2. The summed E-state index contributed by atoms with van der Waals surface area (Å²) in [5, 5.41) is 7.42. The highest BCUT2D eigenvalue weighted by Crippen LogP contribution is 2.29. The third-order valence-electron chi connectivity index (χ3n) is 4.41. The molecule has 0 aliphatic carbocycles. The van der Waals surface area contributed by atoms with Crippen molar-refractivity contribution in [2.45, 2.75) is 33.2 Å². The van der Waals surface area contributed by atoms with E-state index in [2.05, 4.69) is 29.3 Å². The van der Waals surface area contributed by atoms with Crippen molar-refractivity contribution in [3.05, 3.63) is 64.0 Å². The Balaban J connectivity index is 1.72. The molecule has 0 aliphatic rings. The molecular formula is C21H22ClN3O3. The number of rotatable bonds is 6. The number of halogens is 1. The van der Waals surface area contributed by atoms with Crippen molar-refractivity contribution in [3.8, 4) is 17.1 Å². The largest absolute Gasteiger partial charge is 0.496 e. The van der Waals surface area contributed by atoms with Gasteiger partial charge < -0.3 is 14.6 Å². The Morgan fingerprint density at radius 1 is 1.25 bits per heavy atom. The number of amides is 1. The van der Waals surface area contributed by atoms with Crippen molar-refractivity contribution in [3.63, 3.8) is 0 Å². The van der Waals surface area contributed by atoms with Crippen molar-refractivity contribution >= 4 is 17.5 Å². The summed E-state index contributed by atoms with van der Waals surface area (Å²) in [6, 6.07) is 10.9. The van der Waals surface area contributed by atoms with Gasteiger partial charge in [-0.15, -0.1) is 0 Å². The van der Waals surface area contributed by atoms with E-state index >= 15 is 0 Å². The predicted molar refractivity (Wildman–Crippen MR) is 108 cm³/mol. The topological polar surface area (TPSA) is 77.2 Å². The number of methoxy groups -OCH3 is 1. The standard InChI is InChI=1S/C21H22ClN3O3/c1-12(2)16-10-17(13(3)9-18(16)27-4)21(26)23-11-19-24-20(25-28-19)14-5-7-15(22)8-6-14/h5-10,12H,11H2,1-4H3,(H,23,26). The van der Waals surface area contributed by atoms with E-state index in [9.17, 15) is 4.79 Å². The first-order valence-electron chi connectivity index (χ1n) is 8.94. The molecular weight excluding hydrogens is 378 g/mol. The molecule has 1 N–H and O–H groups in total. The molecule has 2 aromatic carbocycles. The molecule has 3 aromatic rings. The van der Waals surface area contributed by atoms with Crippen molar-refractivity contribution in [1.82, 2.24) is 15.5 Å². The fourth-order valence-corrected chi connectivity index (χ4v) is 2.99. The van der Waals surface area contributed by atoms with E-state index in [0.29, 0.717) is 22.3 Å². The van der Waals surface area contributed by atoms with Crippen LogP contribution in [-0.4, -0.2) is 23.2 Å². The third-order valence-corrected chi connectivity index (χ3v) is 4.67. The maximum absolute atomic E-state index is 12.7. The van der Waals surface area contributed by atoms with Crippen molar-refractivity contribution in [2.24, 2.45) is 0 Å². The van der Waals surface area contributed by atoms with Gasteiger partial charge in [-0.05, 0) is 60.4 Å². The molecule has 0 radical (unpaired) electrons. The third kappa shape index (κ3) is 4.34. The van der Waals surface area contributed by atoms with E-state index in [1.54, 1.807) is 19.2 Å². The van der Waals surface area contributed by atoms with Gasteiger partial charge in [0.05, 0.1) is 13.7 Å². The van der Waals surface area contributed by atoms with E-state index in [1.165, 1.54) is 0 Å². The molecule has 1 heterocycles. The van der Waals surface area contributed by atoms with Crippen LogP contribution >= 0.6 is 11.6 Å². The molecule has 3 rings (SSSR count). The zero-order chi connectivity index (χ0) is 20.3. The number of nitrogens with zero attached hydrogens (tertiary/aromatic N) is 2. The van der Waals surface area contributed by atoms with Gasteiger partial charge in [0, 0.05) is 16.1 Å². The lowest BCUT2D eigenvalue weighted by Gasteiger charge is -2.15. The van der Waals surface area contributed by atoms with Crippen LogP contribution in [0.15, 0.2) is 40.9 Å². The van der Waals surface area contributed by atoms with Gasteiger partial charge in [-0.3, -0.25) is 4.79 Å². The number of carbonyl (C=O) groups excluding carboxylic acids is 1. The second-order valence-corrected chi connectivity index (χ2v) is 7.20. The second-order valence-electron chi connectivity index (χ2n) is 6.77. The minimum absolute atomic E-state index is 0.141. The Hall–Kier alpha value is -2.86. The lowest BCUT2D eigenvalue weighted by Crippen LogP contribution is -2.24. The van der Waals surface area contributed by atoms with Gasteiger partial charge in [0.15, 0.2) is 0 Å². The number of aryl methyl sites for hydroxylation is 1. The number of carbonyl (C=O) groups is 1. The maximum Gasteiger partial charge on any atom is 0.251 e. The average Bonchev–Trinajstić information content (AvgIpc) is 3.15. The highest BCUT2D eigenvalue weighted by Gasteiger charge is 2.17. The molecule has 0 saturated heterocycles. The Morgan fingerprint density at radius 3 is 2.61 bits per heavy atom. The summed E-state index contributed by atoms with van der Waals surface area (Å²) in [5.74, 6) is 1.60. The molecule has 0 atom stereocenters. The molecule has 0 aliphatic heterocycles. The highest BCUT2D eigenvalue weighted by atomic mass is 35.5. The first-order valence-corrected chi connectivity index (χ1v) is 9.32. The first kappa shape index (κ1) is 19.9. The van der Waals surface area contributed by atoms with Crippen LogP contribution in [0.1, 0.15) is 47.1 Å². The van der Waals surface area contributed by atoms with Gasteiger partial charge in [0.1, 0.15) is 5.75 Å². The van der Waals surface area contributed by atoms with Crippen LogP contribution in [0.3, 0.4) is 0 Å². The van der Waals surface area contributed by atoms with Crippen molar-refractivity contribution in [1.29, 1.82) is 0 Å². The molecule has 1 amide bonds.